The maximum atomic E-state index is 11.4. The van der Waals surface area contributed by atoms with E-state index in [0.29, 0.717) is 17.1 Å². The average molecular weight is 277 g/mol. The lowest BCUT2D eigenvalue weighted by Gasteiger charge is -2.11. The van der Waals surface area contributed by atoms with Crippen LogP contribution in [0.4, 0.5) is 0 Å². The quantitative estimate of drug-likeness (QED) is 0.609. The smallest absolute Gasteiger partial charge is 0.337 e. The van der Waals surface area contributed by atoms with Crippen molar-refractivity contribution in [2.45, 2.75) is 0 Å². The van der Waals surface area contributed by atoms with Gasteiger partial charge in [0.1, 0.15) is 0 Å². The third kappa shape index (κ3) is 4.21. The minimum absolute atomic E-state index is 0.139. The molecule has 0 aliphatic rings. The van der Waals surface area contributed by atoms with E-state index in [1.165, 1.54) is 32.4 Å². The third-order valence-electron chi connectivity index (χ3n) is 2.33. The van der Waals surface area contributed by atoms with Gasteiger partial charge in [-0.3, -0.25) is 4.79 Å². The highest BCUT2D eigenvalue weighted by atomic mass is 16.5. The van der Waals surface area contributed by atoms with Gasteiger partial charge in [0.15, 0.2) is 18.1 Å². The number of amides is 1. The van der Waals surface area contributed by atoms with Crippen LogP contribution in [0.5, 0.6) is 11.5 Å². The fraction of sp³-hybridized carbons (Fsp3) is 0.286. The average Bonchev–Trinajstić information content (AvgIpc) is 2.49. The molecule has 20 heavy (non-hydrogen) atoms. The van der Waals surface area contributed by atoms with Gasteiger partial charge >= 0.3 is 5.97 Å². The van der Waals surface area contributed by atoms with E-state index in [0.717, 1.165) is 0 Å². The number of hydrogen-bond donors (Lipinski definition) is 1. The largest absolute Gasteiger partial charge is 0.493 e. The third-order valence-corrected chi connectivity index (χ3v) is 2.33. The molecule has 0 unspecified atom stereocenters. The predicted octanol–water partition coefficient (Wildman–Crippen LogP) is 0.610. The predicted molar refractivity (Wildman–Crippen MR) is 71.7 cm³/mol. The van der Waals surface area contributed by atoms with Crippen LogP contribution < -0.4 is 14.8 Å². The van der Waals surface area contributed by atoms with E-state index in [4.69, 9.17) is 15.9 Å². The van der Waals surface area contributed by atoms with Gasteiger partial charge in [0.25, 0.3) is 5.91 Å². The Kier molecular flexibility index (Phi) is 5.91. The van der Waals surface area contributed by atoms with Crippen molar-refractivity contribution in [3.05, 3.63) is 23.8 Å². The van der Waals surface area contributed by atoms with E-state index >= 15 is 0 Å². The van der Waals surface area contributed by atoms with E-state index in [-0.39, 0.29) is 19.1 Å². The molecule has 0 aliphatic carbocycles. The molecule has 0 bridgehead atoms. The molecule has 0 saturated heterocycles. The summed E-state index contributed by atoms with van der Waals surface area (Å²) in [7, 11) is 2.72. The summed E-state index contributed by atoms with van der Waals surface area (Å²) in [5.74, 6) is 2.13. The second-order valence-corrected chi connectivity index (χ2v) is 3.63. The number of nitrogens with one attached hydrogen (secondary N) is 1. The molecule has 6 heteroatoms. The van der Waals surface area contributed by atoms with Crippen molar-refractivity contribution in [1.29, 1.82) is 0 Å². The molecule has 0 saturated carbocycles. The summed E-state index contributed by atoms with van der Waals surface area (Å²) in [5, 5.41) is 2.46. The molecule has 0 fully saturated rings. The molecule has 0 aromatic heterocycles. The highest BCUT2D eigenvalue weighted by molar-refractivity contribution is 5.90. The normalized spacial score (nSPS) is 9.25. The Morgan fingerprint density at radius 2 is 2.05 bits per heavy atom. The summed E-state index contributed by atoms with van der Waals surface area (Å²) in [6.07, 6.45) is 5.02. The van der Waals surface area contributed by atoms with Crippen molar-refractivity contribution in [3.63, 3.8) is 0 Å². The molecule has 1 rings (SSSR count). The Morgan fingerprint density at radius 1 is 1.30 bits per heavy atom. The summed E-state index contributed by atoms with van der Waals surface area (Å²) in [5.41, 5.74) is 0.327. The summed E-state index contributed by atoms with van der Waals surface area (Å²) < 4.78 is 15.0. The SMILES string of the molecule is C#CCNC(=O)COc1ccc(C(=O)OC)cc1OC. The standard InChI is InChI=1S/C14H15NO5/c1-4-7-15-13(16)9-20-11-6-5-10(14(17)19-3)8-12(11)18-2/h1,5-6,8H,7,9H2,2-3H3,(H,15,16). The summed E-state index contributed by atoms with van der Waals surface area (Å²) >= 11 is 0. The van der Waals surface area contributed by atoms with Crippen molar-refractivity contribution in [2.75, 3.05) is 27.4 Å². The molecule has 1 N–H and O–H groups in total. The first-order chi connectivity index (χ1) is 9.62. The Hall–Kier alpha value is -2.68. The van der Waals surface area contributed by atoms with Gasteiger partial charge in [-0.15, -0.1) is 6.42 Å². The van der Waals surface area contributed by atoms with Gasteiger partial charge in [-0.05, 0) is 18.2 Å². The van der Waals surface area contributed by atoms with Gasteiger partial charge in [-0.25, -0.2) is 4.79 Å². The summed E-state index contributed by atoms with van der Waals surface area (Å²) in [6, 6.07) is 4.52. The Balaban J connectivity index is 2.73. The van der Waals surface area contributed by atoms with Crippen molar-refractivity contribution in [1.82, 2.24) is 5.32 Å². The van der Waals surface area contributed by atoms with E-state index < -0.39 is 5.97 Å². The Bertz CT molecular complexity index is 533. The highest BCUT2D eigenvalue weighted by Crippen LogP contribution is 2.28. The fourth-order valence-corrected chi connectivity index (χ4v) is 1.38. The lowest BCUT2D eigenvalue weighted by molar-refractivity contribution is -0.122. The Morgan fingerprint density at radius 3 is 2.65 bits per heavy atom. The molecule has 0 atom stereocenters. The summed E-state index contributed by atoms with van der Waals surface area (Å²) in [4.78, 5) is 22.7. The number of esters is 1. The van der Waals surface area contributed by atoms with Gasteiger partial charge < -0.3 is 19.5 Å². The monoisotopic (exact) mass is 277 g/mol. The van der Waals surface area contributed by atoms with Gasteiger partial charge in [0, 0.05) is 0 Å². The fourth-order valence-electron chi connectivity index (χ4n) is 1.38. The number of methoxy groups -OCH3 is 2. The summed E-state index contributed by atoms with van der Waals surface area (Å²) in [6.45, 7) is -0.0593. The molecule has 0 aliphatic heterocycles. The van der Waals surface area contributed by atoms with E-state index in [1.54, 1.807) is 0 Å². The maximum absolute atomic E-state index is 11.4. The second-order valence-electron chi connectivity index (χ2n) is 3.63. The van der Waals surface area contributed by atoms with Crippen LogP contribution in [0.15, 0.2) is 18.2 Å². The number of ether oxygens (including phenoxy) is 3. The van der Waals surface area contributed by atoms with Crippen LogP contribution in [0.1, 0.15) is 10.4 Å². The first-order valence-corrected chi connectivity index (χ1v) is 5.71. The number of rotatable bonds is 6. The number of benzene rings is 1. The molecule has 0 radical (unpaired) electrons. The van der Waals surface area contributed by atoms with E-state index in [9.17, 15) is 9.59 Å². The van der Waals surface area contributed by atoms with Crippen molar-refractivity contribution < 1.29 is 23.8 Å². The van der Waals surface area contributed by atoms with Crippen LogP contribution in [0.3, 0.4) is 0 Å². The number of carbonyl (C=O) groups is 2. The lowest BCUT2D eigenvalue weighted by atomic mass is 10.2. The highest BCUT2D eigenvalue weighted by Gasteiger charge is 2.12. The van der Waals surface area contributed by atoms with Crippen LogP contribution in [0.25, 0.3) is 0 Å². The zero-order valence-corrected chi connectivity index (χ0v) is 11.3. The van der Waals surface area contributed by atoms with Gasteiger partial charge in [-0.2, -0.15) is 0 Å². The van der Waals surface area contributed by atoms with Crippen LogP contribution in [0, 0.1) is 12.3 Å². The lowest BCUT2D eigenvalue weighted by Crippen LogP contribution is -2.29. The van der Waals surface area contributed by atoms with Crippen LogP contribution in [0.2, 0.25) is 0 Å². The number of terminal acetylenes is 1. The molecule has 0 spiro atoms. The molecule has 0 heterocycles. The zero-order valence-electron chi connectivity index (χ0n) is 11.3. The molecule has 106 valence electrons. The molecular formula is C14H15NO5. The van der Waals surface area contributed by atoms with Crippen molar-refractivity contribution >= 4 is 11.9 Å². The van der Waals surface area contributed by atoms with Crippen molar-refractivity contribution in [3.8, 4) is 23.8 Å². The number of hydrogen-bond acceptors (Lipinski definition) is 5. The Labute approximate surface area is 117 Å². The van der Waals surface area contributed by atoms with Gasteiger partial charge in [0.2, 0.25) is 0 Å². The van der Waals surface area contributed by atoms with Crippen LogP contribution in [-0.2, 0) is 9.53 Å². The zero-order chi connectivity index (χ0) is 15.0. The molecule has 1 aromatic rings. The number of carbonyl (C=O) groups excluding carboxylic acids is 2. The van der Waals surface area contributed by atoms with E-state index in [1.807, 2.05) is 0 Å². The van der Waals surface area contributed by atoms with Crippen molar-refractivity contribution in [2.24, 2.45) is 0 Å². The minimum atomic E-state index is -0.485. The first-order valence-electron chi connectivity index (χ1n) is 5.71. The topological polar surface area (TPSA) is 73.9 Å². The van der Waals surface area contributed by atoms with Crippen LogP contribution >= 0.6 is 0 Å². The first kappa shape index (κ1) is 15.4. The maximum Gasteiger partial charge on any atom is 0.337 e. The van der Waals surface area contributed by atoms with Gasteiger partial charge in [-0.1, -0.05) is 5.92 Å². The molecular weight excluding hydrogens is 262 g/mol. The van der Waals surface area contributed by atoms with Crippen LogP contribution in [-0.4, -0.2) is 39.2 Å². The molecule has 6 nitrogen and oxygen atoms in total. The molecule has 1 amide bonds. The second kappa shape index (κ2) is 7.69. The minimum Gasteiger partial charge on any atom is -0.493 e. The van der Waals surface area contributed by atoms with Gasteiger partial charge in [0.05, 0.1) is 26.3 Å². The molecule has 1 aromatic carbocycles. The van der Waals surface area contributed by atoms with E-state index in [2.05, 4.69) is 16.0 Å².